The van der Waals surface area contributed by atoms with Gasteiger partial charge in [0.1, 0.15) is 0 Å². The maximum Gasteiger partial charge on any atom is 0.0640 e. The van der Waals surface area contributed by atoms with Gasteiger partial charge in [-0.1, -0.05) is 31.2 Å². The van der Waals surface area contributed by atoms with Crippen molar-refractivity contribution < 1.29 is 4.74 Å². The Hall–Kier alpha value is -0.860. The summed E-state index contributed by atoms with van der Waals surface area (Å²) in [6, 6.07) is 9.13. The Morgan fingerprint density at radius 2 is 2.06 bits per heavy atom. The first-order valence-corrected chi connectivity index (χ1v) is 6.33. The molecule has 0 aliphatic carbocycles. The van der Waals surface area contributed by atoms with E-state index in [-0.39, 0.29) is 5.60 Å². The van der Waals surface area contributed by atoms with Gasteiger partial charge < -0.3 is 10.1 Å². The van der Waals surface area contributed by atoms with Crippen LogP contribution in [0.15, 0.2) is 24.3 Å². The molecule has 0 radical (unpaired) electrons. The summed E-state index contributed by atoms with van der Waals surface area (Å²) in [6.07, 6.45) is 2.05. The van der Waals surface area contributed by atoms with Crippen LogP contribution in [0.4, 0.5) is 0 Å². The van der Waals surface area contributed by atoms with E-state index in [0.717, 1.165) is 12.8 Å². The average Bonchev–Trinajstić information content (AvgIpc) is 2.36. The molecule has 1 rings (SSSR count). The maximum absolute atomic E-state index is 5.51. The van der Waals surface area contributed by atoms with Gasteiger partial charge in [-0.2, -0.15) is 0 Å². The van der Waals surface area contributed by atoms with Crippen molar-refractivity contribution in [3.05, 3.63) is 35.4 Å². The summed E-state index contributed by atoms with van der Waals surface area (Å²) in [4.78, 5) is 0. The minimum Gasteiger partial charge on any atom is -0.379 e. The molecule has 0 saturated carbocycles. The molecule has 2 nitrogen and oxygen atoms in total. The molecule has 0 saturated heterocycles. The topological polar surface area (TPSA) is 21.3 Å². The molecule has 0 amide bonds. The van der Waals surface area contributed by atoms with Crippen LogP contribution in [0, 0.1) is 0 Å². The summed E-state index contributed by atoms with van der Waals surface area (Å²) < 4.78 is 5.51. The van der Waals surface area contributed by atoms with Gasteiger partial charge in [0.25, 0.3) is 0 Å². The third kappa shape index (κ3) is 4.14. The van der Waals surface area contributed by atoms with Gasteiger partial charge in [-0.05, 0) is 44.9 Å². The lowest BCUT2D eigenvalue weighted by molar-refractivity contribution is 0.00744. The first kappa shape index (κ1) is 14.2. The summed E-state index contributed by atoms with van der Waals surface area (Å²) in [6.45, 7) is 6.44. The Morgan fingerprint density at radius 3 is 2.59 bits per heavy atom. The fraction of sp³-hybridized carbons (Fsp3) is 0.600. The molecule has 1 aromatic rings. The lowest BCUT2D eigenvalue weighted by Gasteiger charge is -2.28. The number of rotatable bonds is 6. The highest BCUT2D eigenvalue weighted by molar-refractivity contribution is 5.26. The lowest BCUT2D eigenvalue weighted by Crippen LogP contribution is -2.30. The highest BCUT2D eigenvalue weighted by Gasteiger charge is 2.22. The predicted molar refractivity (Wildman–Crippen MR) is 73.3 cm³/mol. The quantitative estimate of drug-likeness (QED) is 0.816. The highest BCUT2D eigenvalue weighted by atomic mass is 16.5. The van der Waals surface area contributed by atoms with Crippen LogP contribution < -0.4 is 5.32 Å². The molecule has 0 bridgehead atoms. The van der Waals surface area contributed by atoms with Crippen LogP contribution in [0.2, 0.25) is 0 Å². The number of methoxy groups -OCH3 is 1. The van der Waals surface area contributed by atoms with E-state index in [1.54, 1.807) is 7.11 Å². The van der Waals surface area contributed by atoms with Crippen molar-refractivity contribution in [3.8, 4) is 0 Å². The monoisotopic (exact) mass is 235 g/mol. The SMILES string of the molecule is CCc1cccc(C(CC(C)(C)OC)NC)c1. The van der Waals surface area contributed by atoms with Gasteiger partial charge in [0.05, 0.1) is 5.60 Å². The van der Waals surface area contributed by atoms with E-state index in [4.69, 9.17) is 4.74 Å². The van der Waals surface area contributed by atoms with Crippen LogP contribution in [0.25, 0.3) is 0 Å². The second-order valence-electron chi connectivity index (χ2n) is 5.11. The van der Waals surface area contributed by atoms with Crippen molar-refractivity contribution in [1.29, 1.82) is 0 Å². The van der Waals surface area contributed by atoms with Crippen molar-refractivity contribution >= 4 is 0 Å². The fourth-order valence-corrected chi connectivity index (χ4v) is 1.99. The van der Waals surface area contributed by atoms with Crippen molar-refractivity contribution in [3.63, 3.8) is 0 Å². The van der Waals surface area contributed by atoms with Gasteiger partial charge in [-0.3, -0.25) is 0 Å². The van der Waals surface area contributed by atoms with E-state index in [9.17, 15) is 0 Å². The van der Waals surface area contributed by atoms with Crippen LogP contribution in [-0.4, -0.2) is 19.8 Å². The van der Waals surface area contributed by atoms with E-state index in [1.807, 2.05) is 7.05 Å². The first-order chi connectivity index (χ1) is 8.02. The van der Waals surface area contributed by atoms with E-state index in [0.29, 0.717) is 6.04 Å². The fourth-order valence-electron chi connectivity index (χ4n) is 1.99. The van der Waals surface area contributed by atoms with Gasteiger partial charge in [0, 0.05) is 13.2 Å². The second kappa shape index (κ2) is 6.18. The van der Waals surface area contributed by atoms with Crippen molar-refractivity contribution in [2.45, 2.75) is 45.3 Å². The van der Waals surface area contributed by atoms with Gasteiger partial charge in [-0.15, -0.1) is 0 Å². The molecule has 0 aliphatic heterocycles. The van der Waals surface area contributed by atoms with Crippen LogP contribution in [0.3, 0.4) is 0 Å². The predicted octanol–water partition coefficient (Wildman–Crippen LogP) is 3.32. The van der Waals surface area contributed by atoms with Gasteiger partial charge >= 0.3 is 0 Å². The van der Waals surface area contributed by atoms with Crippen LogP contribution in [-0.2, 0) is 11.2 Å². The molecule has 0 aromatic heterocycles. The minimum absolute atomic E-state index is 0.101. The van der Waals surface area contributed by atoms with Gasteiger partial charge in [0.15, 0.2) is 0 Å². The van der Waals surface area contributed by atoms with Crippen LogP contribution in [0.1, 0.15) is 44.4 Å². The Labute approximate surface area is 105 Å². The first-order valence-electron chi connectivity index (χ1n) is 6.33. The largest absolute Gasteiger partial charge is 0.379 e. The molecular weight excluding hydrogens is 210 g/mol. The third-order valence-corrected chi connectivity index (χ3v) is 3.36. The summed E-state index contributed by atoms with van der Waals surface area (Å²) in [5.74, 6) is 0. The van der Waals surface area contributed by atoms with E-state index in [1.165, 1.54) is 11.1 Å². The molecule has 1 aromatic carbocycles. The number of nitrogens with one attached hydrogen (secondary N) is 1. The molecule has 17 heavy (non-hydrogen) atoms. The lowest BCUT2D eigenvalue weighted by atomic mass is 9.92. The Balaban J connectivity index is 2.86. The molecule has 1 atom stereocenters. The number of hydrogen-bond donors (Lipinski definition) is 1. The number of aryl methyl sites for hydroxylation is 1. The van der Waals surface area contributed by atoms with E-state index >= 15 is 0 Å². The highest BCUT2D eigenvalue weighted by Crippen LogP contribution is 2.26. The average molecular weight is 235 g/mol. The van der Waals surface area contributed by atoms with E-state index in [2.05, 4.69) is 50.4 Å². The number of benzene rings is 1. The summed E-state index contributed by atoms with van der Waals surface area (Å²) in [5, 5.41) is 3.38. The van der Waals surface area contributed by atoms with Crippen molar-refractivity contribution in [2.75, 3.05) is 14.2 Å². The van der Waals surface area contributed by atoms with Crippen molar-refractivity contribution in [1.82, 2.24) is 5.32 Å². The Bertz CT molecular complexity index is 347. The Morgan fingerprint density at radius 1 is 1.35 bits per heavy atom. The van der Waals surface area contributed by atoms with E-state index < -0.39 is 0 Å². The Kier molecular flexibility index (Phi) is 5.16. The molecule has 96 valence electrons. The number of ether oxygens (including phenoxy) is 1. The zero-order chi connectivity index (χ0) is 12.9. The van der Waals surface area contributed by atoms with Crippen LogP contribution >= 0.6 is 0 Å². The molecule has 0 fully saturated rings. The van der Waals surface area contributed by atoms with Gasteiger partial charge in [-0.25, -0.2) is 0 Å². The summed E-state index contributed by atoms with van der Waals surface area (Å²) in [7, 11) is 3.78. The summed E-state index contributed by atoms with van der Waals surface area (Å²) in [5.41, 5.74) is 2.63. The summed E-state index contributed by atoms with van der Waals surface area (Å²) >= 11 is 0. The molecule has 1 N–H and O–H groups in total. The third-order valence-electron chi connectivity index (χ3n) is 3.36. The normalized spacial score (nSPS) is 13.7. The van der Waals surface area contributed by atoms with Crippen molar-refractivity contribution in [2.24, 2.45) is 0 Å². The van der Waals surface area contributed by atoms with Gasteiger partial charge in [0.2, 0.25) is 0 Å². The minimum atomic E-state index is -0.101. The molecule has 0 heterocycles. The number of hydrogen-bond acceptors (Lipinski definition) is 2. The zero-order valence-corrected chi connectivity index (χ0v) is 11.7. The van der Waals surface area contributed by atoms with Crippen LogP contribution in [0.5, 0.6) is 0 Å². The molecule has 1 unspecified atom stereocenters. The smallest absolute Gasteiger partial charge is 0.0640 e. The molecule has 2 heteroatoms. The zero-order valence-electron chi connectivity index (χ0n) is 11.7. The molecular formula is C15H25NO. The molecule has 0 spiro atoms. The standard InChI is InChI=1S/C15H25NO/c1-6-12-8-7-9-13(10-12)14(16-4)11-15(2,3)17-5/h7-10,14,16H,6,11H2,1-5H3. The second-order valence-corrected chi connectivity index (χ2v) is 5.11. The molecule has 0 aliphatic rings. The maximum atomic E-state index is 5.51.